The van der Waals surface area contributed by atoms with Crippen molar-refractivity contribution >= 4 is 23.4 Å². The number of aromatic nitrogens is 4. The first-order chi connectivity index (χ1) is 11.7. The predicted octanol–water partition coefficient (Wildman–Crippen LogP) is 1.86. The van der Waals surface area contributed by atoms with Crippen molar-refractivity contribution in [2.75, 3.05) is 6.54 Å². The number of hydrogen-bond donors (Lipinski definition) is 2. The summed E-state index contributed by atoms with van der Waals surface area (Å²) < 4.78 is 6.67. The number of ether oxygens (including phenoxy) is 1. The van der Waals surface area contributed by atoms with Crippen LogP contribution in [0, 0.1) is 6.92 Å². The van der Waals surface area contributed by atoms with Crippen molar-refractivity contribution in [3.63, 3.8) is 0 Å². The molecule has 2 N–H and O–H groups in total. The standard InChI is InChI=1S/C15H21N5O4S/c1-9-17-7-10(25-9)8-20-11(12(13(21)22)18-19-20)5-6-16-14(23)24-15(2,3)4/h7H,5-6,8H2,1-4H3,(H,16,23)(H,21,22). The number of carbonyl (C=O) groups is 2. The van der Waals surface area contributed by atoms with E-state index in [1.165, 1.54) is 16.0 Å². The van der Waals surface area contributed by atoms with E-state index in [2.05, 4.69) is 20.6 Å². The van der Waals surface area contributed by atoms with Crippen LogP contribution in [0.25, 0.3) is 0 Å². The van der Waals surface area contributed by atoms with Gasteiger partial charge in [0.05, 0.1) is 17.2 Å². The first kappa shape index (κ1) is 18.8. The molecule has 0 saturated heterocycles. The zero-order chi connectivity index (χ0) is 18.6. The molecule has 0 aliphatic heterocycles. The number of hydrogen-bond acceptors (Lipinski definition) is 7. The summed E-state index contributed by atoms with van der Waals surface area (Å²) in [5, 5.41) is 20.4. The summed E-state index contributed by atoms with van der Waals surface area (Å²) in [6.45, 7) is 7.79. The van der Waals surface area contributed by atoms with E-state index in [4.69, 9.17) is 4.74 Å². The van der Waals surface area contributed by atoms with Gasteiger partial charge >= 0.3 is 12.1 Å². The highest BCUT2D eigenvalue weighted by molar-refractivity contribution is 7.11. The van der Waals surface area contributed by atoms with E-state index >= 15 is 0 Å². The number of alkyl carbamates (subject to hydrolysis) is 1. The largest absolute Gasteiger partial charge is 0.476 e. The van der Waals surface area contributed by atoms with E-state index in [-0.39, 0.29) is 18.7 Å². The normalized spacial score (nSPS) is 11.4. The lowest BCUT2D eigenvalue weighted by Crippen LogP contribution is -2.34. The van der Waals surface area contributed by atoms with E-state index in [1.807, 2.05) is 6.92 Å². The maximum atomic E-state index is 11.7. The number of aromatic carboxylic acids is 1. The van der Waals surface area contributed by atoms with Crippen LogP contribution in [0.3, 0.4) is 0 Å². The van der Waals surface area contributed by atoms with Crippen LogP contribution in [0.5, 0.6) is 0 Å². The Morgan fingerprint density at radius 1 is 1.40 bits per heavy atom. The Kier molecular flexibility index (Phi) is 5.73. The van der Waals surface area contributed by atoms with Gasteiger partial charge < -0.3 is 15.2 Å². The third-order valence-corrected chi connectivity index (χ3v) is 3.94. The summed E-state index contributed by atoms with van der Waals surface area (Å²) in [7, 11) is 0. The van der Waals surface area contributed by atoms with Crippen LogP contribution in [0.2, 0.25) is 0 Å². The van der Waals surface area contributed by atoms with Gasteiger partial charge in [0, 0.05) is 24.0 Å². The Morgan fingerprint density at radius 2 is 2.12 bits per heavy atom. The Labute approximate surface area is 149 Å². The van der Waals surface area contributed by atoms with Crippen LogP contribution in [-0.2, 0) is 17.7 Å². The first-order valence-electron chi connectivity index (χ1n) is 7.69. The van der Waals surface area contributed by atoms with Gasteiger partial charge in [-0.15, -0.1) is 16.4 Å². The number of carbonyl (C=O) groups excluding carboxylic acids is 1. The Hall–Kier alpha value is -2.49. The minimum Gasteiger partial charge on any atom is -0.476 e. The van der Waals surface area contributed by atoms with E-state index in [1.54, 1.807) is 27.0 Å². The first-order valence-corrected chi connectivity index (χ1v) is 8.51. The van der Waals surface area contributed by atoms with Gasteiger partial charge in [-0.1, -0.05) is 5.21 Å². The maximum Gasteiger partial charge on any atom is 0.407 e. The van der Waals surface area contributed by atoms with Gasteiger partial charge in [-0.3, -0.25) is 0 Å². The molecule has 0 atom stereocenters. The summed E-state index contributed by atoms with van der Waals surface area (Å²) in [5.41, 5.74) is -0.272. The van der Waals surface area contributed by atoms with Gasteiger partial charge in [-0.2, -0.15) is 0 Å². The number of carboxylic acids is 1. The molecule has 9 nitrogen and oxygen atoms in total. The highest BCUT2D eigenvalue weighted by atomic mass is 32.1. The molecule has 1 amide bonds. The lowest BCUT2D eigenvalue weighted by molar-refractivity contribution is 0.0528. The van der Waals surface area contributed by atoms with E-state index in [9.17, 15) is 14.7 Å². The predicted molar refractivity (Wildman–Crippen MR) is 90.9 cm³/mol. The molecule has 136 valence electrons. The smallest absolute Gasteiger partial charge is 0.407 e. The number of amides is 1. The number of rotatable bonds is 6. The summed E-state index contributed by atoms with van der Waals surface area (Å²) in [6.07, 6.45) is 1.44. The van der Waals surface area contributed by atoms with Crippen LogP contribution in [0.1, 0.15) is 46.8 Å². The SMILES string of the molecule is Cc1ncc(Cn2nnc(C(=O)O)c2CCNC(=O)OC(C)(C)C)s1. The fourth-order valence-electron chi connectivity index (χ4n) is 2.10. The molecule has 0 unspecified atom stereocenters. The molecule has 0 aromatic carbocycles. The number of aryl methyl sites for hydroxylation is 1. The molecule has 0 spiro atoms. The van der Waals surface area contributed by atoms with Crippen molar-refractivity contribution in [3.8, 4) is 0 Å². The van der Waals surface area contributed by atoms with Crippen LogP contribution in [-0.4, -0.2) is 49.3 Å². The van der Waals surface area contributed by atoms with Crippen molar-refractivity contribution in [3.05, 3.63) is 27.5 Å². The van der Waals surface area contributed by atoms with Gasteiger partial charge in [0.2, 0.25) is 0 Å². The average Bonchev–Trinajstić information content (AvgIpc) is 3.04. The van der Waals surface area contributed by atoms with Crippen molar-refractivity contribution in [1.29, 1.82) is 0 Å². The lowest BCUT2D eigenvalue weighted by Gasteiger charge is -2.19. The van der Waals surface area contributed by atoms with Crippen LogP contribution in [0.4, 0.5) is 4.79 Å². The molecule has 0 radical (unpaired) electrons. The van der Waals surface area contributed by atoms with E-state index in [0.717, 1.165) is 9.88 Å². The Balaban J connectivity index is 2.06. The van der Waals surface area contributed by atoms with Crippen molar-refractivity contribution < 1.29 is 19.4 Å². The Morgan fingerprint density at radius 3 is 2.68 bits per heavy atom. The minimum absolute atomic E-state index is 0.118. The molecule has 2 heterocycles. The van der Waals surface area contributed by atoms with E-state index in [0.29, 0.717) is 12.2 Å². The zero-order valence-electron chi connectivity index (χ0n) is 14.6. The number of carboxylic acid groups (broad SMARTS) is 1. The third kappa shape index (κ3) is 5.52. The molecular formula is C15H21N5O4S. The zero-order valence-corrected chi connectivity index (χ0v) is 15.4. The molecule has 0 aliphatic rings. The highest BCUT2D eigenvalue weighted by Gasteiger charge is 2.20. The maximum absolute atomic E-state index is 11.7. The second-order valence-electron chi connectivity index (χ2n) is 6.37. The molecule has 25 heavy (non-hydrogen) atoms. The second-order valence-corrected chi connectivity index (χ2v) is 7.69. The van der Waals surface area contributed by atoms with Gasteiger partial charge in [0.15, 0.2) is 5.69 Å². The second kappa shape index (κ2) is 7.60. The van der Waals surface area contributed by atoms with Gasteiger partial charge in [0.25, 0.3) is 0 Å². The highest BCUT2D eigenvalue weighted by Crippen LogP contribution is 2.15. The quantitative estimate of drug-likeness (QED) is 0.799. The van der Waals surface area contributed by atoms with Crippen molar-refractivity contribution in [2.24, 2.45) is 0 Å². The molecule has 0 saturated carbocycles. The monoisotopic (exact) mass is 367 g/mol. The van der Waals surface area contributed by atoms with Crippen molar-refractivity contribution in [1.82, 2.24) is 25.3 Å². The minimum atomic E-state index is -1.15. The average molecular weight is 367 g/mol. The van der Waals surface area contributed by atoms with Crippen LogP contribution < -0.4 is 5.32 Å². The fourth-order valence-corrected chi connectivity index (χ4v) is 2.87. The van der Waals surface area contributed by atoms with Gasteiger partial charge in [0.1, 0.15) is 5.60 Å². The van der Waals surface area contributed by atoms with Gasteiger partial charge in [-0.25, -0.2) is 19.3 Å². The Bertz CT molecular complexity index is 762. The summed E-state index contributed by atoms with van der Waals surface area (Å²) in [5.74, 6) is -1.15. The number of nitrogens with zero attached hydrogens (tertiary/aromatic N) is 4. The molecular weight excluding hydrogens is 346 g/mol. The van der Waals surface area contributed by atoms with Gasteiger partial charge in [-0.05, 0) is 27.7 Å². The molecule has 0 bridgehead atoms. The lowest BCUT2D eigenvalue weighted by atomic mass is 10.2. The molecule has 0 fully saturated rings. The van der Waals surface area contributed by atoms with Crippen LogP contribution in [0.15, 0.2) is 6.20 Å². The summed E-state index contributed by atoms with van der Waals surface area (Å²) >= 11 is 1.51. The topological polar surface area (TPSA) is 119 Å². The van der Waals surface area contributed by atoms with E-state index < -0.39 is 17.7 Å². The molecule has 10 heteroatoms. The van der Waals surface area contributed by atoms with Crippen molar-refractivity contribution in [2.45, 2.75) is 46.3 Å². The summed E-state index contributed by atoms with van der Waals surface area (Å²) in [6, 6.07) is 0. The molecule has 2 rings (SSSR count). The fraction of sp³-hybridized carbons (Fsp3) is 0.533. The summed E-state index contributed by atoms with van der Waals surface area (Å²) in [4.78, 5) is 28.1. The molecule has 2 aromatic rings. The molecule has 2 aromatic heterocycles. The number of nitrogens with one attached hydrogen (secondary N) is 1. The third-order valence-electron chi connectivity index (χ3n) is 3.04. The van der Waals surface area contributed by atoms with Crippen LogP contribution >= 0.6 is 11.3 Å². The molecule has 0 aliphatic carbocycles. The number of thiazole rings is 1.